The Morgan fingerprint density at radius 1 is 1.35 bits per heavy atom. The molecule has 1 fully saturated rings. The molecule has 0 saturated carbocycles. The van der Waals surface area contributed by atoms with Crippen molar-refractivity contribution in [3.63, 3.8) is 0 Å². The Labute approximate surface area is 118 Å². The highest BCUT2D eigenvalue weighted by Gasteiger charge is 2.34. The molecule has 106 valence electrons. The first-order valence-corrected chi connectivity index (χ1v) is 6.97. The second-order valence-corrected chi connectivity index (χ2v) is 5.70. The van der Waals surface area contributed by atoms with Gasteiger partial charge in [0.25, 0.3) is 0 Å². The van der Waals surface area contributed by atoms with Crippen LogP contribution in [-0.2, 0) is 11.8 Å². The maximum absolute atomic E-state index is 9.27. The number of hydrogen-bond acceptors (Lipinski definition) is 5. The zero-order valence-electron chi connectivity index (χ0n) is 11.6. The van der Waals surface area contributed by atoms with Gasteiger partial charge in [0.1, 0.15) is 5.75 Å². The van der Waals surface area contributed by atoms with E-state index in [0.717, 1.165) is 37.4 Å². The van der Waals surface area contributed by atoms with Gasteiger partial charge in [0.05, 0.1) is 5.41 Å². The lowest BCUT2D eigenvalue weighted by molar-refractivity contribution is 0.245. The predicted octanol–water partition coefficient (Wildman–Crippen LogP) is 2.01. The second kappa shape index (κ2) is 5.25. The van der Waals surface area contributed by atoms with Gasteiger partial charge in [-0.1, -0.05) is 17.3 Å². The fourth-order valence-electron chi connectivity index (χ4n) is 2.61. The lowest BCUT2D eigenvalue weighted by Crippen LogP contribution is -2.41. The lowest BCUT2D eigenvalue weighted by Gasteiger charge is -2.30. The molecule has 20 heavy (non-hydrogen) atoms. The minimum Gasteiger partial charge on any atom is -0.508 e. The highest BCUT2D eigenvalue weighted by molar-refractivity contribution is 5.27. The van der Waals surface area contributed by atoms with Crippen LogP contribution in [0, 0.1) is 0 Å². The fourth-order valence-corrected chi connectivity index (χ4v) is 2.61. The summed E-state index contributed by atoms with van der Waals surface area (Å²) in [7, 11) is 0. The van der Waals surface area contributed by atoms with Crippen LogP contribution >= 0.6 is 0 Å². The number of aromatic nitrogens is 2. The lowest BCUT2D eigenvalue weighted by atomic mass is 9.83. The van der Waals surface area contributed by atoms with E-state index in [1.165, 1.54) is 0 Å². The number of nitrogens with zero attached hydrogens (tertiary/aromatic N) is 2. The second-order valence-electron chi connectivity index (χ2n) is 5.70. The summed E-state index contributed by atoms with van der Waals surface area (Å²) in [4.78, 5) is 4.54. The van der Waals surface area contributed by atoms with Crippen LogP contribution in [-0.4, -0.2) is 28.3 Å². The van der Waals surface area contributed by atoms with Crippen LogP contribution in [0.2, 0.25) is 0 Å². The average Bonchev–Trinajstić information content (AvgIpc) is 2.92. The molecule has 0 aliphatic carbocycles. The molecule has 5 nitrogen and oxygen atoms in total. The number of rotatable bonds is 3. The first kappa shape index (κ1) is 13.1. The third-order valence-electron chi connectivity index (χ3n) is 3.88. The Morgan fingerprint density at radius 3 is 2.85 bits per heavy atom. The number of hydrogen-bond donors (Lipinski definition) is 2. The van der Waals surface area contributed by atoms with Crippen molar-refractivity contribution in [1.82, 2.24) is 15.5 Å². The van der Waals surface area contributed by atoms with Gasteiger partial charge in [-0.05, 0) is 44.0 Å². The number of piperidine rings is 1. The van der Waals surface area contributed by atoms with E-state index in [1.807, 2.05) is 12.1 Å². The molecular weight excluding hydrogens is 254 g/mol. The molecule has 0 radical (unpaired) electrons. The molecule has 1 atom stereocenters. The molecule has 2 N–H and O–H groups in total. The number of phenolic OH excluding ortho intramolecular Hbond substituents is 1. The fraction of sp³-hybridized carbons (Fsp3) is 0.467. The summed E-state index contributed by atoms with van der Waals surface area (Å²) >= 11 is 0. The number of nitrogens with one attached hydrogen (secondary N) is 1. The first-order chi connectivity index (χ1) is 9.66. The highest BCUT2D eigenvalue weighted by Crippen LogP contribution is 2.29. The molecule has 1 saturated heterocycles. The Balaban J connectivity index is 1.74. The predicted molar refractivity (Wildman–Crippen MR) is 74.7 cm³/mol. The Kier molecular flexibility index (Phi) is 3.44. The van der Waals surface area contributed by atoms with Gasteiger partial charge in [0.15, 0.2) is 5.82 Å². The maximum atomic E-state index is 9.27. The summed E-state index contributed by atoms with van der Waals surface area (Å²) in [6.07, 6.45) is 2.82. The molecule has 0 amide bonds. The standard InChI is InChI=1S/C15H19N3O2/c1-15(7-2-8-16-10-15)14-17-13(18-20-14)9-11-3-5-12(19)6-4-11/h3-6,16,19H,2,7-10H2,1H3. The number of benzene rings is 1. The summed E-state index contributed by atoms with van der Waals surface area (Å²) in [6.45, 7) is 4.11. The van der Waals surface area contributed by atoms with Crippen LogP contribution in [0.3, 0.4) is 0 Å². The monoisotopic (exact) mass is 273 g/mol. The zero-order valence-corrected chi connectivity index (χ0v) is 11.6. The number of aromatic hydroxyl groups is 1. The van der Waals surface area contributed by atoms with Crippen molar-refractivity contribution in [2.45, 2.75) is 31.6 Å². The molecule has 1 aromatic heterocycles. The third kappa shape index (κ3) is 2.67. The summed E-state index contributed by atoms with van der Waals surface area (Å²) in [6, 6.07) is 7.08. The minimum atomic E-state index is -0.0571. The maximum Gasteiger partial charge on any atom is 0.233 e. The van der Waals surface area contributed by atoms with E-state index in [2.05, 4.69) is 22.4 Å². The first-order valence-electron chi connectivity index (χ1n) is 6.97. The van der Waals surface area contributed by atoms with Crippen LogP contribution in [0.15, 0.2) is 28.8 Å². The molecule has 1 aliphatic heterocycles. The van der Waals surface area contributed by atoms with Crippen LogP contribution in [0.4, 0.5) is 0 Å². The van der Waals surface area contributed by atoms with Gasteiger partial charge < -0.3 is 14.9 Å². The molecule has 5 heteroatoms. The van der Waals surface area contributed by atoms with Gasteiger partial charge in [-0.15, -0.1) is 0 Å². The van der Waals surface area contributed by atoms with E-state index >= 15 is 0 Å². The molecular formula is C15H19N3O2. The molecule has 3 rings (SSSR count). The van der Waals surface area contributed by atoms with Crippen molar-refractivity contribution in [1.29, 1.82) is 0 Å². The van der Waals surface area contributed by atoms with E-state index in [4.69, 9.17) is 4.52 Å². The van der Waals surface area contributed by atoms with Crippen LogP contribution in [0.1, 0.15) is 37.0 Å². The molecule has 0 spiro atoms. The van der Waals surface area contributed by atoms with Crippen LogP contribution in [0.25, 0.3) is 0 Å². The van der Waals surface area contributed by atoms with Crippen LogP contribution in [0.5, 0.6) is 5.75 Å². The molecule has 1 unspecified atom stereocenters. The van der Waals surface area contributed by atoms with Crippen molar-refractivity contribution in [3.05, 3.63) is 41.5 Å². The van der Waals surface area contributed by atoms with Gasteiger partial charge in [-0.2, -0.15) is 4.98 Å². The van der Waals surface area contributed by atoms with E-state index in [1.54, 1.807) is 12.1 Å². The molecule has 2 heterocycles. The Hall–Kier alpha value is -1.88. The Bertz CT molecular complexity index is 571. The molecule has 0 bridgehead atoms. The van der Waals surface area contributed by atoms with Crippen LogP contribution < -0.4 is 5.32 Å². The van der Waals surface area contributed by atoms with Crippen molar-refractivity contribution in [3.8, 4) is 5.75 Å². The zero-order chi connectivity index (χ0) is 14.0. The Morgan fingerprint density at radius 2 is 2.15 bits per heavy atom. The molecule has 1 aliphatic rings. The van der Waals surface area contributed by atoms with E-state index in [0.29, 0.717) is 12.2 Å². The average molecular weight is 273 g/mol. The quantitative estimate of drug-likeness (QED) is 0.895. The van der Waals surface area contributed by atoms with Crippen molar-refractivity contribution < 1.29 is 9.63 Å². The topological polar surface area (TPSA) is 71.2 Å². The van der Waals surface area contributed by atoms with Gasteiger partial charge in [0.2, 0.25) is 5.89 Å². The normalized spacial score (nSPS) is 22.9. The van der Waals surface area contributed by atoms with Gasteiger partial charge >= 0.3 is 0 Å². The van der Waals surface area contributed by atoms with Gasteiger partial charge in [0, 0.05) is 13.0 Å². The third-order valence-corrected chi connectivity index (χ3v) is 3.88. The van der Waals surface area contributed by atoms with Crippen molar-refractivity contribution in [2.75, 3.05) is 13.1 Å². The van der Waals surface area contributed by atoms with E-state index < -0.39 is 0 Å². The smallest absolute Gasteiger partial charge is 0.233 e. The molecule has 1 aromatic carbocycles. The number of phenols is 1. The van der Waals surface area contributed by atoms with Gasteiger partial charge in [-0.25, -0.2) is 0 Å². The summed E-state index contributed by atoms with van der Waals surface area (Å²) in [5, 5.41) is 16.7. The minimum absolute atomic E-state index is 0.0571. The summed E-state index contributed by atoms with van der Waals surface area (Å²) in [5.41, 5.74) is 1.00. The van der Waals surface area contributed by atoms with E-state index in [9.17, 15) is 5.11 Å². The van der Waals surface area contributed by atoms with Crippen molar-refractivity contribution >= 4 is 0 Å². The summed E-state index contributed by atoms with van der Waals surface area (Å²) < 4.78 is 5.45. The van der Waals surface area contributed by atoms with Crippen molar-refractivity contribution in [2.24, 2.45) is 0 Å². The largest absolute Gasteiger partial charge is 0.508 e. The molecule has 2 aromatic rings. The highest BCUT2D eigenvalue weighted by atomic mass is 16.5. The summed E-state index contributed by atoms with van der Waals surface area (Å²) in [5.74, 6) is 1.68. The van der Waals surface area contributed by atoms with Gasteiger partial charge in [-0.3, -0.25) is 0 Å². The van der Waals surface area contributed by atoms with E-state index in [-0.39, 0.29) is 11.2 Å². The SMILES string of the molecule is CC1(c2nc(Cc3ccc(O)cc3)no2)CCCNC1.